The molecule has 0 aromatic rings. The minimum absolute atomic E-state index is 0.793. The quantitative estimate of drug-likeness (QED) is 0.679. The van der Waals surface area contributed by atoms with Gasteiger partial charge in [-0.2, -0.15) is 0 Å². The molecule has 0 bridgehead atoms. The Morgan fingerprint density at radius 3 is 2.00 bits per heavy atom. The molecule has 2 rings (SSSR count). The second-order valence-corrected chi connectivity index (χ2v) is 10.6. The van der Waals surface area contributed by atoms with E-state index < -0.39 is 8.56 Å². The van der Waals surface area contributed by atoms with Gasteiger partial charge in [0, 0.05) is 13.7 Å². The van der Waals surface area contributed by atoms with Gasteiger partial charge in [-0.05, 0) is 56.5 Å². The summed E-state index contributed by atoms with van der Waals surface area (Å²) in [6.45, 7) is 5.21. The molecule has 0 saturated heterocycles. The molecule has 19 heavy (non-hydrogen) atoms. The Labute approximate surface area is 120 Å². The van der Waals surface area contributed by atoms with E-state index in [1.54, 1.807) is 7.11 Å². The van der Waals surface area contributed by atoms with Crippen molar-refractivity contribution in [2.24, 2.45) is 17.8 Å². The maximum atomic E-state index is 6.02. The molecule has 0 heterocycles. The van der Waals surface area contributed by atoms with Gasteiger partial charge in [-0.3, -0.25) is 0 Å². The monoisotopic (exact) mass is 284 g/mol. The van der Waals surface area contributed by atoms with Crippen LogP contribution in [0.2, 0.25) is 13.1 Å². The Morgan fingerprint density at radius 1 is 0.842 bits per heavy atom. The van der Waals surface area contributed by atoms with E-state index in [2.05, 4.69) is 13.1 Å². The van der Waals surface area contributed by atoms with Crippen molar-refractivity contribution in [3.63, 3.8) is 0 Å². The summed E-state index contributed by atoms with van der Waals surface area (Å²) in [5.74, 6) is 2.88. The van der Waals surface area contributed by atoms with Gasteiger partial charge >= 0.3 is 8.56 Å². The molecule has 112 valence electrons. The second-order valence-electron chi connectivity index (χ2n) is 7.09. The first-order valence-corrected chi connectivity index (χ1v) is 11.1. The summed E-state index contributed by atoms with van der Waals surface area (Å²) < 4.78 is 11.5. The van der Waals surface area contributed by atoms with Crippen molar-refractivity contribution in [1.29, 1.82) is 0 Å². The molecule has 0 amide bonds. The van der Waals surface area contributed by atoms with Gasteiger partial charge < -0.3 is 8.85 Å². The van der Waals surface area contributed by atoms with Gasteiger partial charge in [-0.25, -0.2) is 0 Å². The van der Waals surface area contributed by atoms with Crippen LogP contribution in [0.4, 0.5) is 0 Å². The van der Waals surface area contributed by atoms with Crippen LogP contribution in [0.25, 0.3) is 0 Å². The first-order chi connectivity index (χ1) is 9.11. The molecule has 2 fully saturated rings. The van der Waals surface area contributed by atoms with E-state index >= 15 is 0 Å². The van der Waals surface area contributed by atoms with Crippen molar-refractivity contribution < 1.29 is 8.85 Å². The van der Waals surface area contributed by atoms with Crippen molar-refractivity contribution in [2.75, 3.05) is 13.7 Å². The van der Waals surface area contributed by atoms with Crippen LogP contribution in [0.1, 0.15) is 57.8 Å². The minimum atomic E-state index is -1.81. The van der Waals surface area contributed by atoms with E-state index in [0.717, 1.165) is 24.4 Å². The molecule has 0 atom stereocenters. The van der Waals surface area contributed by atoms with Crippen molar-refractivity contribution in [2.45, 2.75) is 70.9 Å². The highest BCUT2D eigenvalue weighted by Crippen LogP contribution is 2.40. The Bertz CT molecular complexity index is 253. The summed E-state index contributed by atoms with van der Waals surface area (Å²) in [5.41, 5.74) is 0. The smallest absolute Gasteiger partial charge is 0.331 e. The predicted molar refractivity (Wildman–Crippen MR) is 82.5 cm³/mol. The summed E-state index contributed by atoms with van der Waals surface area (Å²) in [5, 5.41) is 0. The van der Waals surface area contributed by atoms with E-state index in [-0.39, 0.29) is 0 Å². The highest BCUT2D eigenvalue weighted by atomic mass is 28.4. The van der Waals surface area contributed by atoms with E-state index in [1.807, 2.05) is 0 Å². The molecule has 2 nitrogen and oxygen atoms in total. The molecule has 0 unspecified atom stereocenters. The lowest BCUT2D eigenvalue weighted by molar-refractivity contribution is 0.116. The van der Waals surface area contributed by atoms with Crippen LogP contribution in [0.5, 0.6) is 0 Å². The second kappa shape index (κ2) is 7.23. The SMILES string of the molecule is CO[Si](C)(C)OCC1CCC(C2CCCCC2)CC1. The fourth-order valence-electron chi connectivity index (χ4n) is 3.81. The Hall–Kier alpha value is 0.137. The fourth-order valence-corrected chi connectivity index (χ4v) is 4.56. The Balaban J connectivity index is 1.67. The third kappa shape index (κ3) is 4.87. The molecule has 0 aromatic heterocycles. The third-order valence-corrected chi connectivity index (χ3v) is 7.21. The normalized spacial score (nSPS) is 30.5. The first-order valence-electron chi connectivity index (χ1n) is 8.30. The Kier molecular flexibility index (Phi) is 5.91. The van der Waals surface area contributed by atoms with Crippen molar-refractivity contribution >= 4 is 8.56 Å². The standard InChI is InChI=1S/C16H32O2Si/c1-17-19(2,3)18-13-14-9-11-16(12-10-14)15-7-5-4-6-8-15/h14-16H,4-13H2,1-3H3. The zero-order chi connectivity index (χ0) is 13.7. The van der Waals surface area contributed by atoms with Crippen LogP contribution >= 0.6 is 0 Å². The first kappa shape index (κ1) is 15.5. The fraction of sp³-hybridized carbons (Fsp3) is 1.00. The summed E-state index contributed by atoms with van der Waals surface area (Å²) in [7, 11) is -0.0266. The predicted octanol–water partition coefficient (Wildman–Crippen LogP) is 4.74. The molecule has 0 aromatic carbocycles. The summed E-state index contributed by atoms with van der Waals surface area (Å²) in [4.78, 5) is 0. The largest absolute Gasteiger partial charge is 0.398 e. The van der Waals surface area contributed by atoms with Crippen LogP contribution < -0.4 is 0 Å². The molecule has 2 aliphatic carbocycles. The molecular weight excluding hydrogens is 252 g/mol. The van der Waals surface area contributed by atoms with Gasteiger partial charge in [-0.15, -0.1) is 0 Å². The number of hydrogen-bond acceptors (Lipinski definition) is 2. The lowest BCUT2D eigenvalue weighted by atomic mass is 9.71. The molecule has 0 N–H and O–H groups in total. The van der Waals surface area contributed by atoms with Crippen molar-refractivity contribution in [3.05, 3.63) is 0 Å². The maximum absolute atomic E-state index is 6.02. The highest BCUT2D eigenvalue weighted by molar-refractivity contribution is 6.64. The van der Waals surface area contributed by atoms with E-state index in [1.165, 1.54) is 57.8 Å². The van der Waals surface area contributed by atoms with E-state index in [0.29, 0.717) is 0 Å². The van der Waals surface area contributed by atoms with Gasteiger partial charge in [0.05, 0.1) is 0 Å². The zero-order valence-electron chi connectivity index (χ0n) is 13.1. The number of rotatable bonds is 5. The lowest BCUT2D eigenvalue weighted by Gasteiger charge is -2.36. The van der Waals surface area contributed by atoms with Gasteiger partial charge in [0.2, 0.25) is 0 Å². The van der Waals surface area contributed by atoms with Gasteiger partial charge in [0.15, 0.2) is 0 Å². The number of hydrogen-bond donors (Lipinski definition) is 0. The topological polar surface area (TPSA) is 18.5 Å². The Morgan fingerprint density at radius 2 is 1.42 bits per heavy atom. The zero-order valence-corrected chi connectivity index (χ0v) is 14.1. The summed E-state index contributed by atoms with van der Waals surface area (Å²) in [6, 6.07) is 0. The molecule has 0 radical (unpaired) electrons. The summed E-state index contributed by atoms with van der Waals surface area (Å²) >= 11 is 0. The third-order valence-electron chi connectivity index (χ3n) is 5.37. The van der Waals surface area contributed by atoms with Crippen LogP contribution in [0.3, 0.4) is 0 Å². The summed E-state index contributed by atoms with van der Waals surface area (Å²) in [6.07, 6.45) is 13.1. The highest BCUT2D eigenvalue weighted by Gasteiger charge is 2.30. The molecule has 2 saturated carbocycles. The molecule has 0 spiro atoms. The van der Waals surface area contributed by atoms with Crippen molar-refractivity contribution in [3.8, 4) is 0 Å². The minimum Gasteiger partial charge on any atom is -0.398 e. The van der Waals surface area contributed by atoms with Crippen LogP contribution in [-0.4, -0.2) is 22.3 Å². The van der Waals surface area contributed by atoms with Crippen LogP contribution in [0, 0.1) is 17.8 Å². The molecule has 0 aliphatic heterocycles. The van der Waals surface area contributed by atoms with Gasteiger partial charge in [0.1, 0.15) is 0 Å². The molecular formula is C16H32O2Si. The average Bonchev–Trinajstić information content (AvgIpc) is 2.47. The van der Waals surface area contributed by atoms with E-state index in [9.17, 15) is 0 Å². The van der Waals surface area contributed by atoms with Crippen LogP contribution in [-0.2, 0) is 8.85 Å². The van der Waals surface area contributed by atoms with Crippen molar-refractivity contribution in [1.82, 2.24) is 0 Å². The van der Waals surface area contributed by atoms with Crippen LogP contribution in [0.15, 0.2) is 0 Å². The lowest BCUT2D eigenvalue weighted by Crippen LogP contribution is -2.36. The molecule has 3 heteroatoms. The average molecular weight is 285 g/mol. The maximum Gasteiger partial charge on any atom is 0.331 e. The van der Waals surface area contributed by atoms with Gasteiger partial charge in [0.25, 0.3) is 0 Å². The van der Waals surface area contributed by atoms with E-state index in [4.69, 9.17) is 8.85 Å². The molecule has 2 aliphatic rings. The van der Waals surface area contributed by atoms with Gasteiger partial charge in [-0.1, -0.05) is 32.1 Å².